The third-order valence-corrected chi connectivity index (χ3v) is 7.09. The fraction of sp³-hybridized carbons (Fsp3) is 0.611. The van der Waals surface area contributed by atoms with Gasteiger partial charge in [-0.15, -0.1) is 0 Å². The van der Waals surface area contributed by atoms with Crippen molar-refractivity contribution in [3.05, 3.63) is 29.8 Å². The number of benzene rings is 1. The molecule has 26 heavy (non-hydrogen) atoms. The van der Waals surface area contributed by atoms with E-state index in [4.69, 9.17) is 9.47 Å². The fourth-order valence-electron chi connectivity index (χ4n) is 3.80. The van der Waals surface area contributed by atoms with E-state index in [1.165, 1.54) is 12.1 Å². The van der Waals surface area contributed by atoms with Crippen LogP contribution >= 0.6 is 0 Å². The van der Waals surface area contributed by atoms with Crippen LogP contribution in [0.5, 0.6) is 0 Å². The molecule has 1 N–H and O–H groups in total. The number of nitrogens with zero attached hydrogens (tertiary/aromatic N) is 1. The summed E-state index contributed by atoms with van der Waals surface area (Å²) < 4.78 is 38.7. The van der Waals surface area contributed by atoms with Crippen molar-refractivity contribution in [3.63, 3.8) is 0 Å². The van der Waals surface area contributed by atoms with Gasteiger partial charge in [-0.05, 0) is 43.9 Å². The zero-order chi connectivity index (χ0) is 18.2. The monoisotopic (exact) mass is 380 g/mol. The van der Waals surface area contributed by atoms with Crippen molar-refractivity contribution in [2.24, 2.45) is 0 Å². The Morgan fingerprint density at radius 3 is 2.58 bits per heavy atom. The van der Waals surface area contributed by atoms with Crippen LogP contribution in [-0.2, 0) is 19.5 Å². The lowest BCUT2D eigenvalue weighted by atomic mass is 9.84. The Morgan fingerprint density at radius 1 is 1.19 bits per heavy atom. The number of amides is 1. The van der Waals surface area contributed by atoms with Crippen molar-refractivity contribution in [2.45, 2.75) is 42.2 Å². The van der Waals surface area contributed by atoms with Crippen LogP contribution in [0.4, 0.5) is 0 Å². The Hall–Kier alpha value is -1.48. The van der Waals surface area contributed by atoms with E-state index in [2.05, 4.69) is 4.72 Å². The predicted molar refractivity (Wildman–Crippen MR) is 94.4 cm³/mol. The third-order valence-electron chi connectivity index (χ3n) is 5.57. The van der Waals surface area contributed by atoms with Gasteiger partial charge in [-0.3, -0.25) is 4.79 Å². The number of sulfonamides is 1. The topological polar surface area (TPSA) is 84.9 Å². The van der Waals surface area contributed by atoms with Gasteiger partial charge in [0.05, 0.1) is 23.7 Å². The largest absolute Gasteiger partial charge is 0.380 e. The van der Waals surface area contributed by atoms with Gasteiger partial charge in [0.2, 0.25) is 10.0 Å². The molecule has 7 nitrogen and oxygen atoms in total. The van der Waals surface area contributed by atoms with Crippen LogP contribution in [0.3, 0.4) is 0 Å². The second-order valence-corrected chi connectivity index (χ2v) is 9.00. The van der Waals surface area contributed by atoms with Gasteiger partial charge < -0.3 is 14.4 Å². The van der Waals surface area contributed by atoms with Gasteiger partial charge in [-0.2, -0.15) is 0 Å². The molecule has 0 aliphatic carbocycles. The fourth-order valence-corrected chi connectivity index (χ4v) is 5.10. The van der Waals surface area contributed by atoms with Crippen LogP contribution in [0.15, 0.2) is 29.2 Å². The summed E-state index contributed by atoms with van der Waals surface area (Å²) in [5, 5.41) is 0. The minimum Gasteiger partial charge on any atom is -0.380 e. The molecule has 1 spiro atoms. The minimum atomic E-state index is -3.66. The maximum Gasteiger partial charge on any atom is 0.253 e. The van der Waals surface area contributed by atoms with E-state index in [1.54, 1.807) is 17.0 Å². The van der Waals surface area contributed by atoms with Crippen molar-refractivity contribution in [1.82, 2.24) is 9.62 Å². The van der Waals surface area contributed by atoms with Crippen LogP contribution in [0.1, 0.15) is 36.0 Å². The zero-order valence-electron chi connectivity index (χ0n) is 14.6. The van der Waals surface area contributed by atoms with Gasteiger partial charge in [0, 0.05) is 31.3 Å². The molecule has 142 valence electrons. The number of carbonyl (C=O) groups is 1. The summed E-state index contributed by atoms with van der Waals surface area (Å²) in [4.78, 5) is 14.7. The maximum absolute atomic E-state index is 12.8. The highest BCUT2D eigenvalue weighted by molar-refractivity contribution is 7.89. The number of carbonyl (C=O) groups excluding carboxylic acids is 1. The molecule has 3 aliphatic heterocycles. The number of nitrogens with one attached hydrogen (secondary N) is 1. The molecule has 0 radical (unpaired) electrons. The van der Waals surface area contributed by atoms with Crippen molar-refractivity contribution < 1.29 is 22.7 Å². The summed E-state index contributed by atoms with van der Waals surface area (Å²) in [7, 11) is -3.66. The molecule has 1 aromatic carbocycles. The average molecular weight is 380 g/mol. The number of rotatable bonds is 4. The second-order valence-electron chi connectivity index (χ2n) is 7.28. The Kier molecular flexibility index (Phi) is 4.77. The van der Waals surface area contributed by atoms with Gasteiger partial charge in [-0.25, -0.2) is 13.1 Å². The van der Waals surface area contributed by atoms with E-state index >= 15 is 0 Å². The molecule has 3 saturated heterocycles. The first kappa shape index (κ1) is 17.9. The first-order valence-electron chi connectivity index (χ1n) is 9.11. The SMILES string of the molecule is O=C(c1cccc(S(=O)(=O)N[C@H]2CCOC2)c1)N1CCC2(CCO2)CC1. The Labute approximate surface area is 153 Å². The van der Waals surface area contributed by atoms with E-state index < -0.39 is 10.0 Å². The van der Waals surface area contributed by atoms with E-state index in [0.29, 0.717) is 38.3 Å². The van der Waals surface area contributed by atoms with Gasteiger partial charge in [-0.1, -0.05) is 6.07 Å². The van der Waals surface area contributed by atoms with Crippen LogP contribution in [0, 0.1) is 0 Å². The number of piperidine rings is 1. The van der Waals surface area contributed by atoms with Crippen molar-refractivity contribution in [1.29, 1.82) is 0 Å². The van der Waals surface area contributed by atoms with Crippen molar-refractivity contribution in [2.75, 3.05) is 32.9 Å². The lowest BCUT2D eigenvalue weighted by Crippen LogP contribution is -2.53. The summed E-state index contributed by atoms with van der Waals surface area (Å²) in [6.07, 6.45) is 3.43. The Bertz CT molecular complexity index is 775. The average Bonchev–Trinajstić information content (AvgIpc) is 3.12. The predicted octanol–water partition coefficient (Wildman–Crippen LogP) is 1.15. The molecule has 0 unspecified atom stereocenters. The van der Waals surface area contributed by atoms with Gasteiger partial charge in [0.15, 0.2) is 0 Å². The summed E-state index contributed by atoms with van der Waals surface area (Å²) in [6.45, 7) is 3.05. The maximum atomic E-state index is 12.8. The molecule has 1 atom stereocenters. The molecule has 8 heteroatoms. The third kappa shape index (κ3) is 3.51. The van der Waals surface area contributed by atoms with Crippen molar-refractivity contribution in [3.8, 4) is 0 Å². The Morgan fingerprint density at radius 2 is 1.96 bits per heavy atom. The second kappa shape index (κ2) is 6.92. The van der Waals surface area contributed by atoms with E-state index in [1.807, 2.05) is 0 Å². The molecule has 4 rings (SSSR count). The molecule has 0 saturated carbocycles. The first-order chi connectivity index (χ1) is 12.5. The lowest BCUT2D eigenvalue weighted by molar-refractivity contribution is -0.169. The number of ether oxygens (including phenoxy) is 2. The van der Waals surface area contributed by atoms with Gasteiger partial charge in [0.1, 0.15) is 0 Å². The van der Waals surface area contributed by atoms with Crippen molar-refractivity contribution >= 4 is 15.9 Å². The Balaban J connectivity index is 1.45. The molecule has 3 heterocycles. The molecule has 3 aliphatic rings. The first-order valence-corrected chi connectivity index (χ1v) is 10.6. The minimum absolute atomic E-state index is 0.0186. The molecule has 1 amide bonds. The highest BCUT2D eigenvalue weighted by Gasteiger charge is 2.42. The molecule has 1 aromatic rings. The quantitative estimate of drug-likeness (QED) is 0.847. The molecular formula is C18H24N2O5S. The highest BCUT2D eigenvalue weighted by atomic mass is 32.2. The summed E-state index contributed by atoms with van der Waals surface area (Å²) in [5.74, 6) is -0.125. The standard InChI is InChI=1S/C18H24N2O5S/c21-17(20-8-5-18(6-9-20)7-11-25-18)14-2-1-3-16(12-14)26(22,23)19-15-4-10-24-13-15/h1-3,12,15,19H,4-11,13H2/t15-/m0/s1. The van der Waals surface area contributed by atoms with E-state index in [-0.39, 0.29) is 22.4 Å². The zero-order valence-corrected chi connectivity index (χ0v) is 15.5. The van der Waals surface area contributed by atoms with Gasteiger partial charge >= 0.3 is 0 Å². The number of likely N-dealkylation sites (tertiary alicyclic amines) is 1. The van der Waals surface area contributed by atoms with E-state index in [9.17, 15) is 13.2 Å². The molecule has 0 aromatic heterocycles. The normalized spacial score (nSPS) is 25.2. The highest BCUT2D eigenvalue weighted by Crippen LogP contribution is 2.37. The number of hydrogen-bond donors (Lipinski definition) is 1. The van der Waals surface area contributed by atoms with Crippen LogP contribution in [0.2, 0.25) is 0 Å². The number of hydrogen-bond acceptors (Lipinski definition) is 5. The van der Waals surface area contributed by atoms with Crippen LogP contribution < -0.4 is 4.72 Å². The van der Waals surface area contributed by atoms with Crippen LogP contribution in [-0.4, -0.2) is 63.8 Å². The van der Waals surface area contributed by atoms with Crippen LogP contribution in [0.25, 0.3) is 0 Å². The molecule has 0 bridgehead atoms. The summed E-state index contributed by atoms with van der Waals surface area (Å²) in [5.41, 5.74) is 0.385. The van der Waals surface area contributed by atoms with Gasteiger partial charge in [0.25, 0.3) is 5.91 Å². The molecular weight excluding hydrogens is 356 g/mol. The molecule has 3 fully saturated rings. The lowest BCUT2D eigenvalue weighted by Gasteiger charge is -2.47. The summed E-state index contributed by atoms with van der Waals surface area (Å²) in [6, 6.07) is 6.06. The van der Waals surface area contributed by atoms with E-state index in [0.717, 1.165) is 25.9 Å². The summed E-state index contributed by atoms with van der Waals surface area (Å²) >= 11 is 0. The smallest absolute Gasteiger partial charge is 0.253 e.